The molecule has 0 saturated carbocycles. The molecular formula is C49H97NO5. The van der Waals surface area contributed by atoms with E-state index in [1.807, 2.05) is 0 Å². The second-order valence-corrected chi connectivity index (χ2v) is 16.9. The molecule has 0 unspecified atom stereocenters. The van der Waals surface area contributed by atoms with Gasteiger partial charge in [-0.25, -0.2) is 0 Å². The van der Waals surface area contributed by atoms with Gasteiger partial charge in [0.15, 0.2) is 0 Å². The van der Waals surface area contributed by atoms with Crippen LogP contribution in [0.1, 0.15) is 265 Å². The Kier molecular flexibility index (Phi) is 44.6. The fourth-order valence-corrected chi connectivity index (χ4v) is 7.76. The predicted octanol–water partition coefficient (Wildman–Crippen LogP) is 14.6. The third kappa shape index (κ3) is 42.3. The Morgan fingerprint density at radius 3 is 1.18 bits per heavy atom. The maximum Gasteiger partial charge on any atom is 0.306 e. The van der Waals surface area contributed by atoms with Crippen LogP contribution in [-0.2, 0) is 19.1 Å². The molecule has 0 aromatic heterocycles. The fourth-order valence-electron chi connectivity index (χ4n) is 7.76. The highest BCUT2D eigenvalue weighted by atomic mass is 16.5. The Labute approximate surface area is 343 Å². The SMILES string of the molecule is CCCCCCCCCCCCCOC(=O)CCCCCCN(CCO)CCCCCCCC(=O)OC(CCCCCCCCC)CCCCCCCCC. The Bertz CT molecular complexity index is 758. The fraction of sp³-hybridized carbons (Fsp3) is 0.959. The van der Waals surface area contributed by atoms with Crippen molar-refractivity contribution in [1.29, 1.82) is 0 Å². The topological polar surface area (TPSA) is 76.1 Å². The minimum absolute atomic E-state index is 0.0153. The number of nitrogens with zero attached hydrogens (tertiary/aromatic N) is 1. The number of hydrogen-bond acceptors (Lipinski definition) is 6. The van der Waals surface area contributed by atoms with E-state index < -0.39 is 0 Å². The maximum absolute atomic E-state index is 12.8. The van der Waals surface area contributed by atoms with E-state index in [1.165, 1.54) is 154 Å². The van der Waals surface area contributed by atoms with Gasteiger partial charge in [0.1, 0.15) is 6.10 Å². The maximum atomic E-state index is 12.8. The molecule has 6 nitrogen and oxygen atoms in total. The molecule has 0 spiro atoms. The number of esters is 2. The van der Waals surface area contributed by atoms with Crippen molar-refractivity contribution in [3.05, 3.63) is 0 Å². The summed E-state index contributed by atoms with van der Waals surface area (Å²) in [4.78, 5) is 27.3. The average Bonchev–Trinajstić information content (AvgIpc) is 3.18. The summed E-state index contributed by atoms with van der Waals surface area (Å²) in [7, 11) is 0. The van der Waals surface area contributed by atoms with Crippen LogP contribution in [0.25, 0.3) is 0 Å². The van der Waals surface area contributed by atoms with Gasteiger partial charge in [-0.05, 0) is 70.9 Å². The Morgan fingerprint density at radius 1 is 0.418 bits per heavy atom. The molecule has 0 saturated heterocycles. The smallest absolute Gasteiger partial charge is 0.306 e. The molecular weight excluding hydrogens is 683 g/mol. The second kappa shape index (κ2) is 45.6. The van der Waals surface area contributed by atoms with Crippen molar-refractivity contribution in [2.75, 3.05) is 32.8 Å². The van der Waals surface area contributed by atoms with E-state index in [4.69, 9.17) is 9.47 Å². The van der Waals surface area contributed by atoms with Crippen molar-refractivity contribution in [1.82, 2.24) is 4.90 Å². The first kappa shape index (κ1) is 53.9. The summed E-state index contributed by atoms with van der Waals surface area (Å²) in [5.74, 6) is -0.0193. The Balaban J connectivity index is 3.95. The third-order valence-electron chi connectivity index (χ3n) is 11.4. The Morgan fingerprint density at radius 2 is 0.764 bits per heavy atom. The first-order valence-electron chi connectivity index (χ1n) is 24.8. The Hall–Kier alpha value is -1.14. The van der Waals surface area contributed by atoms with E-state index in [-0.39, 0.29) is 24.6 Å². The summed E-state index contributed by atoms with van der Waals surface area (Å²) in [6, 6.07) is 0. The van der Waals surface area contributed by atoms with Gasteiger partial charge >= 0.3 is 11.9 Å². The molecule has 0 bridgehead atoms. The highest BCUT2D eigenvalue weighted by Crippen LogP contribution is 2.19. The van der Waals surface area contributed by atoms with Crippen molar-refractivity contribution in [3.8, 4) is 0 Å². The van der Waals surface area contributed by atoms with Crippen molar-refractivity contribution < 1.29 is 24.2 Å². The lowest BCUT2D eigenvalue weighted by atomic mass is 10.0. The minimum Gasteiger partial charge on any atom is -0.466 e. The van der Waals surface area contributed by atoms with Crippen LogP contribution in [0, 0.1) is 0 Å². The number of carbonyl (C=O) groups is 2. The summed E-state index contributed by atoms with van der Waals surface area (Å²) >= 11 is 0. The largest absolute Gasteiger partial charge is 0.466 e. The van der Waals surface area contributed by atoms with Gasteiger partial charge in [-0.3, -0.25) is 9.59 Å². The lowest BCUT2D eigenvalue weighted by molar-refractivity contribution is -0.150. The second-order valence-electron chi connectivity index (χ2n) is 16.9. The van der Waals surface area contributed by atoms with E-state index in [2.05, 4.69) is 25.7 Å². The van der Waals surface area contributed by atoms with E-state index in [1.54, 1.807) is 0 Å². The van der Waals surface area contributed by atoms with E-state index in [0.29, 0.717) is 19.4 Å². The first-order chi connectivity index (χ1) is 27.1. The molecule has 0 aromatic rings. The molecule has 6 heteroatoms. The lowest BCUT2D eigenvalue weighted by Crippen LogP contribution is -2.29. The lowest BCUT2D eigenvalue weighted by Gasteiger charge is -2.21. The van der Waals surface area contributed by atoms with Crippen molar-refractivity contribution in [3.63, 3.8) is 0 Å². The number of hydrogen-bond donors (Lipinski definition) is 1. The van der Waals surface area contributed by atoms with Crippen LogP contribution in [0.4, 0.5) is 0 Å². The number of ether oxygens (including phenoxy) is 2. The van der Waals surface area contributed by atoms with Crippen LogP contribution in [0.5, 0.6) is 0 Å². The molecule has 0 aromatic carbocycles. The summed E-state index contributed by atoms with van der Waals surface area (Å²) < 4.78 is 11.5. The van der Waals surface area contributed by atoms with Crippen molar-refractivity contribution in [2.24, 2.45) is 0 Å². The number of unbranched alkanes of at least 4 members (excludes halogenated alkanes) is 29. The van der Waals surface area contributed by atoms with Gasteiger partial charge < -0.3 is 19.5 Å². The summed E-state index contributed by atoms with van der Waals surface area (Å²) in [5.41, 5.74) is 0. The monoisotopic (exact) mass is 780 g/mol. The quantitative estimate of drug-likeness (QED) is 0.0490. The number of carbonyl (C=O) groups excluding carboxylic acids is 2. The normalized spacial score (nSPS) is 11.6. The highest BCUT2D eigenvalue weighted by Gasteiger charge is 2.14. The van der Waals surface area contributed by atoms with Gasteiger partial charge in [-0.15, -0.1) is 0 Å². The standard InChI is InChI=1S/C49H97NO5/c1-4-7-10-13-16-17-18-19-22-30-37-46-54-48(52)40-33-27-29-36-43-50(44-45-51)42-35-28-23-26-34-41-49(53)55-47(38-31-24-20-14-11-8-5-2)39-32-25-21-15-12-9-6-3/h47,51H,4-46H2,1-3H3. The molecule has 0 fully saturated rings. The van der Waals surface area contributed by atoms with Crippen LogP contribution >= 0.6 is 0 Å². The van der Waals surface area contributed by atoms with Gasteiger partial charge in [0.05, 0.1) is 13.2 Å². The van der Waals surface area contributed by atoms with Crippen molar-refractivity contribution in [2.45, 2.75) is 271 Å². The van der Waals surface area contributed by atoms with Gasteiger partial charge in [-0.1, -0.05) is 194 Å². The van der Waals surface area contributed by atoms with E-state index in [9.17, 15) is 14.7 Å². The molecule has 0 aliphatic heterocycles. The third-order valence-corrected chi connectivity index (χ3v) is 11.4. The number of aliphatic hydroxyl groups excluding tert-OH is 1. The zero-order valence-corrected chi connectivity index (χ0v) is 37.5. The number of aliphatic hydroxyl groups is 1. The predicted molar refractivity (Wildman–Crippen MR) is 237 cm³/mol. The zero-order chi connectivity index (χ0) is 40.1. The molecule has 0 aliphatic carbocycles. The number of rotatable bonds is 46. The highest BCUT2D eigenvalue weighted by molar-refractivity contribution is 5.69. The minimum atomic E-state index is -0.0346. The molecule has 1 N–H and O–H groups in total. The van der Waals surface area contributed by atoms with Gasteiger partial charge in [0, 0.05) is 19.4 Å². The molecule has 55 heavy (non-hydrogen) atoms. The molecule has 0 aliphatic rings. The molecule has 0 rings (SSSR count). The van der Waals surface area contributed by atoms with Gasteiger partial charge in [0.25, 0.3) is 0 Å². The van der Waals surface area contributed by atoms with Gasteiger partial charge in [0.2, 0.25) is 0 Å². The van der Waals surface area contributed by atoms with Crippen LogP contribution in [0.15, 0.2) is 0 Å². The molecule has 0 radical (unpaired) electrons. The molecule has 0 heterocycles. The summed E-state index contributed by atoms with van der Waals surface area (Å²) in [6.07, 6.45) is 45.5. The van der Waals surface area contributed by atoms with Crippen LogP contribution in [-0.4, -0.2) is 60.9 Å². The molecule has 0 amide bonds. The summed E-state index contributed by atoms with van der Waals surface area (Å²) in [6.45, 7) is 10.4. The van der Waals surface area contributed by atoms with E-state index in [0.717, 1.165) is 96.7 Å². The van der Waals surface area contributed by atoms with Crippen molar-refractivity contribution >= 4 is 11.9 Å². The van der Waals surface area contributed by atoms with Crippen LogP contribution < -0.4 is 0 Å². The summed E-state index contributed by atoms with van der Waals surface area (Å²) in [5, 5.41) is 9.57. The average molecular weight is 780 g/mol. The molecule has 328 valence electrons. The first-order valence-corrected chi connectivity index (χ1v) is 24.8. The van der Waals surface area contributed by atoms with E-state index >= 15 is 0 Å². The van der Waals surface area contributed by atoms with Crippen LogP contribution in [0.2, 0.25) is 0 Å². The zero-order valence-electron chi connectivity index (χ0n) is 37.5. The van der Waals surface area contributed by atoms with Gasteiger partial charge in [-0.2, -0.15) is 0 Å². The van der Waals surface area contributed by atoms with Crippen LogP contribution in [0.3, 0.4) is 0 Å². The molecule has 0 atom stereocenters.